The van der Waals surface area contributed by atoms with E-state index in [-0.39, 0.29) is 17.4 Å². The highest BCUT2D eigenvalue weighted by Gasteiger charge is 2.22. The summed E-state index contributed by atoms with van der Waals surface area (Å²) in [5, 5.41) is 12.3. The van der Waals surface area contributed by atoms with Crippen LogP contribution < -0.4 is 5.32 Å². The molecule has 2 aromatic carbocycles. The number of allylic oxidation sites excluding steroid dienone is 2. The molecule has 2 aromatic rings. The third-order valence-electron chi connectivity index (χ3n) is 6.22. The van der Waals surface area contributed by atoms with Crippen LogP contribution in [0.4, 0.5) is 0 Å². The van der Waals surface area contributed by atoms with Gasteiger partial charge in [0.2, 0.25) is 0 Å². The van der Waals surface area contributed by atoms with Crippen molar-refractivity contribution in [1.82, 2.24) is 10.2 Å². The highest BCUT2D eigenvalue weighted by molar-refractivity contribution is 5.81. The molecule has 0 aliphatic carbocycles. The Labute approximate surface area is 222 Å². The molecule has 1 N–H and O–H groups in total. The Morgan fingerprint density at radius 1 is 1.08 bits per heavy atom. The van der Waals surface area contributed by atoms with E-state index in [1.54, 1.807) is 7.05 Å². The first-order valence-electron chi connectivity index (χ1n) is 12.8. The van der Waals surface area contributed by atoms with Gasteiger partial charge < -0.3 is 5.32 Å². The standard InChI is InChI=1S/C32H38N4O/c1-6-8-19-36(7-2)22-29-17-13-27(14-18-29)10-9-26-11-15-28(16-12-26)20-31(25(3)4)32(35-24-34-5)30(21-33)23-37/h6,11-18,23-25,31H,1,7-8,19-20,22H2,2-5H3,(H,34,35)/b32-30-. The van der Waals surface area contributed by atoms with Gasteiger partial charge in [0.15, 0.2) is 6.29 Å². The maximum Gasteiger partial charge on any atom is 0.162 e. The molecule has 1 unspecified atom stereocenters. The van der Waals surface area contributed by atoms with Crippen LogP contribution in [0.1, 0.15) is 49.4 Å². The fourth-order valence-corrected chi connectivity index (χ4v) is 3.99. The molecule has 0 aromatic heterocycles. The van der Waals surface area contributed by atoms with Crippen LogP contribution in [0.25, 0.3) is 0 Å². The minimum Gasteiger partial charge on any atom is -0.379 e. The Morgan fingerprint density at radius 3 is 2.14 bits per heavy atom. The highest BCUT2D eigenvalue weighted by atomic mass is 16.1. The predicted molar refractivity (Wildman–Crippen MR) is 153 cm³/mol. The van der Waals surface area contributed by atoms with Crippen LogP contribution in [0, 0.1) is 35.0 Å². The Bertz CT molecular complexity index is 1170. The molecule has 0 amide bonds. The molecule has 0 radical (unpaired) electrons. The number of aliphatic imine (C=N–C) groups is 1. The summed E-state index contributed by atoms with van der Waals surface area (Å²) in [4.78, 5) is 18.3. The number of nitriles is 1. The molecule has 0 aliphatic rings. The van der Waals surface area contributed by atoms with Crippen molar-refractivity contribution in [2.75, 3.05) is 20.1 Å². The topological polar surface area (TPSA) is 68.5 Å². The molecule has 1 atom stereocenters. The third-order valence-corrected chi connectivity index (χ3v) is 6.22. The number of carbonyl (C=O) groups excluding carboxylic acids is 1. The van der Waals surface area contributed by atoms with Crippen molar-refractivity contribution in [3.05, 3.63) is 94.7 Å². The van der Waals surface area contributed by atoms with Gasteiger partial charge >= 0.3 is 0 Å². The second-order valence-corrected chi connectivity index (χ2v) is 9.22. The van der Waals surface area contributed by atoms with Crippen molar-refractivity contribution in [1.29, 1.82) is 5.26 Å². The molecule has 5 nitrogen and oxygen atoms in total. The number of carbonyl (C=O) groups is 1. The summed E-state index contributed by atoms with van der Waals surface area (Å²) in [6.07, 6.45) is 5.73. The van der Waals surface area contributed by atoms with E-state index in [0.29, 0.717) is 18.4 Å². The second-order valence-electron chi connectivity index (χ2n) is 9.22. The number of nitrogens with zero attached hydrogens (tertiary/aromatic N) is 3. The molecule has 0 fully saturated rings. The largest absolute Gasteiger partial charge is 0.379 e. The molecular weight excluding hydrogens is 456 g/mol. The minimum atomic E-state index is -0.0692. The molecule has 0 spiro atoms. The first kappa shape index (κ1) is 29.3. The van der Waals surface area contributed by atoms with E-state index in [0.717, 1.165) is 42.7 Å². The van der Waals surface area contributed by atoms with Crippen molar-refractivity contribution in [3.63, 3.8) is 0 Å². The van der Waals surface area contributed by atoms with Gasteiger partial charge in [-0.15, -0.1) is 6.58 Å². The van der Waals surface area contributed by atoms with Crippen molar-refractivity contribution in [2.24, 2.45) is 16.8 Å². The molecule has 37 heavy (non-hydrogen) atoms. The maximum absolute atomic E-state index is 11.5. The van der Waals surface area contributed by atoms with E-state index in [1.165, 1.54) is 11.9 Å². The Balaban J connectivity index is 2.13. The summed E-state index contributed by atoms with van der Waals surface area (Å²) in [7, 11) is 1.73. The van der Waals surface area contributed by atoms with Gasteiger partial charge in [-0.25, -0.2) is 4.99 Å². The lowest BCUT2D eigenvalue weighted by molar-refractivity contribution is -0.104. The first-order valence-corrected chi connectivity index (χ1v) is 12.8. The third kappa shape index (κ3) is 9.56. The van der Waals surface area contributed by atoms with Crippen LogP contribution in [-0.2, 0) is 17.8 Å². The van der Waals surface area contributed by atoms with Crippen molar-refractivity contribution >= 4 is 12.6 Å². The lowest BCUT2D eigenvalue weighted by atomic mass is 9.85. The second kappa shape index (κ2) is 15.9. The SMILES string of the molecule is C=CCCN(CC)Cc1ccc(C#Cc2ccc(CC(C(/N=C\NC)=C(\C#N)C=O)C(C)C)cc2)cc1. The fourth-order valence-electron chi connectivity index (χ4n) is 3.99. The molecule has 5 heteroatoms. The van der Waals surface area contributed by atoms with Gasteiger partial charge in [0.25, 0.3) is 0 Å². The van der Waals surface area contributed by atoms with Crippen LogP contribution >= 0.6 is 0 Å². The monoisotopic (exact) mass is 494 g/mol. The van der Waals surface area contributed by atoms with Gasteiger partial charge in [-0.1, -0.05) is 63.0 Å². The van der Waals surface area contributed by atoms with Crippen molar-refractivity contribution < 1.29 is 4.79 Å². The Kier molecular flexibility index (Phi) is 12.6. The molecule has 0 heterocycles. The Morgan fingerprint density at radius 2 is 1.68 bits per heavy atom. The van der Waals surface area contributed by atoms with Crippen molar-refractivity contribution in [2.45, 2.75) is 40.2 Å². The van der Waals surface area contributed by atoms with E-state index in [4.69, 9.17) is 0 Å². The van der Waals surface area contributed by atoms with Gasteiger partial charge in [-0.2, -0.15) is 5.26 Å². The van der Waals surface area contributed by atoms with Gasteiger partial charge in [0, 0.05) is 37.2 Å². The normalized spacial score (nSPS) is 12.5. The number of nitrogens with one attached hydrogen (secondary N) is 1. The van der Waals surface area contributed by atoms with Crippen molar-refractivity contribution in [3.8, 4) is 17.9 Å². The fraction of sp³-hybridized carbons (Fsp3) is 0.344. The average Bonchev–Trinajstić information content (AvgIpc) is 2.92. The minimum absolute atomic E-state index is 0.0675. The number of aldehydes is 1. The first-order chi connectivity index (χ1) is 17.9. The van der Waals surface area contributed by atoms with E-state index in [9.17, 15) is 10.1 Å². The van der Waals surface area contributed by atoms with E-state index >= 15 is 0 Å². The summed E-state index contributed by atoms with van der Waals surface area (Å²) in [5.41, 5.74) is 4.88. The van der Waals surface area contributed by atoms with Crippen LogP contribution in [0.15, 0.2) is 77.4 Å². The Hall–Kier alpha value is -3.93. The summed E-state index contributed by atoms with van der Waals surface area (Å²) < 4.78 is 0. The average molecular weight is 495 g/mol. The summed E-state index contributed by atoms with van der Waals surface area (Å²) in [5.74, 6) is 6.63. The predicted octanol–water partition coefficient (Wildman–Crippen LogP) is 5.52. The molecule has 0 aliphatic heterocycles. The molecular formula is C32H38N4O. The summed E-state index contributed by atoms with van der Waals surface area (Å²) in [6.45, 7) is 13.1. The lowest BCUT2D eigenvalue weighted by Crippen LogP contribution is -2.23. The van der Waals surface area contributed by atoms with Crippen LogP contribution in [0.2, 0.25) is 0 Å². The van der Waals surface area contributed by atoms with E-state index < -0.39 is 0 Å². The smallest absolute Gasteiger partial charge is 0.162 e. The number of benzene rings is 2. The number of rotatable bonds is 13. The van der Waals surface area contributed by atoms with E-state index in [2.05, 4.69) is 90.8 Å². The van der Waals surface area contributed by atoms with Gasteiger partial charge in [-0.05, 0) is 60.7 Å². The molecule has 0 bridgehead atoms. The molecule has 192 valence electrons. The van der Waals surface area contributed by atoms with Crippen LogP contribution in [-0.4, -0.2) is 37.7 Å². The maximum atomic E-state index is 11.5. The van der Waals surface area contributed by atoms with Crippen LogP contribution in [0.5, 0.6) is 0 Å². The van der Waals surface area contributed by atoms with E-state index in [1.807, 2.05) is 24.3 Å². The quantitative estimate of drug-likeness (QED) is 0.0757. The molecule has 0 saturated carbocycles. The summed E-state index contributed by atoms with van der Waals surface area (Å²) >= 11 is 0. The van der Waals surface area contributed by atoms with Gasteiger partial charge in [-0.3, -0.25) is 9.69 Å². The lowest BCUT2D eigenvalue weighted by Gasteiger charge is -2.22. The zero-order chi connectivity index (χ0) is 27.0. The van der Waals surface area contributed by atoms with Gasteiger partial charge in [0.1, 0.15) is 11.6 Å². The zero-order valence-electron chi connectivity index (χ0n) is 22.5. The molecule has 2 rings (SSSR count). The number of hydrogen-bond donors (Lipinski definition) is 1. The highest BCUT2D eigenvalue weighted by Crippen LogP contribution is 2.28. The van der Waals surface area contributed by atoms with Gasteiger partial charge in [0.05, 0.1) is 12.0 Å². The number of hydrogen-bond acceptors (Lipinski definition) is 4. The summed E-state index contributed by atoms with van der Waals surface area (Å²) in [6, 6.07) is 18.6. The zero-order valence-corrected chi connectivity index (χ0v) is 22.5. The molecule has 0 saturated heterocycles. The van der Waals surface area contributed by atoms with Crippen LogP contribution in [0.3, 0.4) is 0 Å².